The lowest BCUT2D eigenvalue weighted by Crippen LogP contribution is -2.70. The van der Waals surface area contributed by atoms with Crippen molar-refractivity contribution in [2.45, 2.75) is 32.7 Å². The second-order valence-corrected chi connectivity index (χ2v) is 1.64. The molecule has 0 spiro atoms. The van der Waals surface area contributed by atoms with Crippen LogP contribution >= 0.6 is 0 Å². The van der Waals surface area contributed by atoms with E-state index in [4.69, 9.17) is 5.53 Å². The van der Waals surface area contributed by atoms with Crippen molar-refractivity contribution >= 4 is 0 Å². The van der Waals surface area contributed by atoms with Gasteiger partial charge in [-0.05, 0) is 0 Å². The standard InChI is InChI=1S/C5H12N2/c1-3-5(4-2)7-6/h5,7H,3-4H2,1-2H3. The summed E-state index contributed by atoms with van der Waals surface area (Å²) in [5, 5.41) is 2.20. The van der Waals surface area contributed by atoms with Gasteiger partial charge in [-0.25, -0.2) is 0 Å². The number of hydrogen-bond donors (Lipinski definition) is 1. The van der Waals surface area contributed by atoms with Gasteiger partial charge in [0.25, 0.3) is 0 Å². The van der Waals surface area contributed by atoms with Gasteiger partial charge in [-0.15, -0.1) is 0 Å². The van der Waals surface area contributed by atoms with Crippen molar-refractivity contribution < 1.29 is 5.11 Å². The Morgan fingerprint density at radius 2 is 1.86 bits per heavy atom. The van der Waals surface area contributed by atoms with Crippen LogP contribution in [0.15, 0.2) is 0 Å². The maximum Gasteiger partial charge on any atom is 0.138 e. The third-order valence-electron chi connectivity index (χ3n) is 1.17. The Morgan fingerprint density at radius 1 is 1.43 bits per heavy atom. The average Bonchev–Trinajstić information content (AvgIpc) is 1.72. The highest BCUT2D eigenvalue weighted by molar-refractivity contribution is 4.42. The van der Waals surface area contributed by atoms with Gasteiger partial charge in [0.05, 0.1) is 0 Å². The van der Waals surface area contributed by atoms with Gasteiger partial charge in [0.15, 0.2) is 0 Å². The van der Waals surface area contributed by atoms with E-state index in [1.165, 1.54) is 0 Å². The highest BCUT2D eigenvalue weighted by Crippen LogP contribution is 1.86. The highest BCUT2D eigenvalue weighted by atomic mass is 15.0. The van der Waals surface area contributed by atoms with E-state index in [0.717, 1.165) is 12.8 Å². The van der Waals surface area contributed by atoms with E-state index in [1.54, 1.807) is 0 Å². The molecule has 42 valence electrons. The molecule has 0 aliphatic heterocycles. The SMILES string of the molecule is CCC(CC)[NH+]=[N-]. The van der Waals surface area contributed by atoms with Crippen LogP contribution in [-0.4, -0.2) is 6.04 Å². The summed E-state index contributed by atoms with van der Waals surface area (Å²) >= 11 is 0. The summed E-state index contributed by atoms with van der Waals surface area (Å²) in [4.78, 5) is 0. The summed E-state index contributed by atoms with van der Waals surface area (Å²) in [6.45, 7) is 4.08. The maximum atomic E-state index is 8.28. The van der Waals surface area contributed by atoms with E-state index >= 15 is 0 Å². The lowest BCUT2D eigenvalue weighted by molar-refractivity contribution is -0.526. The van der Waals surface area contributed by atoms with Crippen molar-refractivity contribution in [2.24, 2.45) is 0 Å². The third kappa shape index (κ3) is 2.31. The van der Waals surface area contributed by atoms with Crippen molar-refractivity contribution in [1.82, 2.24) is 0 Å². The van der Waals surface area contributed by atoms with E-state index in [2.05, 4.69) is 5.11 Å². The Labute approximate surface area is 44.4 Å². The van der Waals surface area contributed by atoms with E-state index in [0.29, 0.717) is 6.04 Å². The number of nitrogens with zero attached hydrogens (tertiary/aromatic N) is 1. The van der Waals surface area contributed by atoms with Gasteiger partial charge < -0.3 is 10.6 Å². The predicted molar refractivity (Wildman–Crippen MR) is 28.7 cm³/mol. The first-order valence-electron chi connectivity index (χ1n) is 2.74. The van der Waals surface area contributed by atoms with Gasteiger partial charge in [-0.1, -0.05) is 13.8 Å². The monoisotopic (exact) mass is 100 g/mol. The summed E-state index contributed by atoms with van der Waals surface area (Å²) in [6.07, 6.45) is 1.99. The molecule has 0 aromatic heterocycles. The molecule has 2 nitrogen and oxygen atoms in total. The van der Waals surface area contributed by atoms with Crippen LogP contribution < -0.4 is 5.11 Å². The van der Waals surface area contributed by atoms with Crippen molar-refractivity contribution in [2.75, 3.05) is 0 Å². The second kappa shape index (κ2) is 3.78. The quantitative estimate of drug-likeness (QED) is 0.494. The summed E-state index contributed by atoms with van der Waals surface area (Å²) in [7, 11) is 0. The van der Waals surface area contributed by atoms with Crippen LogP contribution in [0.1, 0.15) is 26.7 Å². The van der Waals surface area contributed by atoms with Gasteiger partial charge in [0.1, 0.15) is 6.04 Å². The molecule has 0 rings (SSSR count). The van der Waals surface area contributed by atoms with Crippen LogP contribution in [0.25, 0.3) is 5.53 Å². The Balaban J connectivity index is 3.16. The molecule has 0 saturated carbocycles. The number of hydrogen-bond acceptors (Lipinski definition) is 0. The van der Waals surface area contributed by atoms with Gasteiger partial charge in [-0.2, -0.15) is 0 Å². The molecule has 0 saturated heterocycles. The number of nitrogens with one attached hydrogen (secondary N) is 1. The molecule has 0 bridgehead atoms. The minimum atomic E-state index is 0.292. The van der Waals surface area contributed by atoms with Gasteiger partial charge in [-0.3, -0.25) is 0 Å². The summed E-state index contributed by atoms with van der Waals surface area (Å²) in [6, 6.07) is 0.292. The van der Waals surface area contributed by atoms with Crippen molar-refractivity contribution in [3.63, 3.8) is 0 Å². The molecule has 0 aliphatic rings. The summed E-state index contributed by atoms with van der Waals surface area (Å²) in [5.74, 6) is 0. The molecule has 0 aromatic rings. The normalized spacial score (nSPS) is 9.57. The molecule has 0 aromatic carbocycles. The molecular weight excluding hydrogens is 88.1 g/mol. The minimum Gasteiger partial charge on any atom is -0.508 e. The number of rotatable bonds is 3. The third-order valence-corrected chi connectivity index (χ3v) is 1.17. The van der Waals surface area contributed by atoms with E-state index in [9.17, 15) is 0 Å². The van der Waals surface area contributed by atoms with Gasteiger partial charge >= 0.3 is 0 Å². The Morgan fingerprint density at radius 3 is 1.86 bits per heavy atom. The molecule has 0 atom stereocenters. The molecule has 0 aliphatic carbocycles. The molecule has 0 amide bonds. The zero-order chi connectivity index (χ0) is 5.70. The van der Waals surface area contributed by atoms with Crippen LogP contribution in [0.3, 0.4) is 0 Å². The Kier molecular flexibility index (Phi) is 3.56. The fraction of sp³-hybridized carbons (Fsp3) is 1.00. The van der Waals surface area contributed by atoms with E-state index in [1.807, 2.05) is 13.8 Å². The first-order valence-corrected chi connectivity index (χ1v) is 2.74. The van der Waals surface area contributed by atoms with Gasteiger partial charge in [0.2, 0.25) is 0 Å². The van der Waals surface area contributed by atoms with E-state index in [-0.39, 0.29) is 0 Å². The van der Waals surface area contributed by atoms with Crippen LogP contribution in [0, 0.1) is 0 Å². The largest absolute Gasteiger partial charge is 0.508 e. The molecule has 1 N–H and O–H groups in total. The topological polar surface area (TPSA) is 36.3 Å². The Bertz CT molecular complexity index is 48.0. The first kappa shape index (κ1) is 6.60. The average molecular weight is 100 g/mol. The predicted octanol–water partition coefficient (Wildman–Crippen LogP) is 0.277. The second-order valence-electron chi connectivity index (χ2n) is 1.64. The first-order chi connectivity index (χ1) is 3.35. The fourth-order valence-electron chi connectivity index (χ4n) is 0.471. The van der Waals surface area contributed by atoms with Crippen molar-refractivity contribution in [3.8, 4) is 0 Å². The van der Waals surface area contributed by atoms with Crippen molar-refractivity contribution in [3.05, 3.63) is 5.53 Å². The van der Waals surface area contributed by atoms with Crippen LogP contribution in [0.4, 0.5) is 0 Å². The van der Waals surface area contributed by atoms with Crippen molar-refractivity contribution in [1.29, 1.82) is 0 Å². The van der Waals surface area contributed by atoms with E-state index < -0.39 is 0 Å². The van der Waals surface area contributed by atoms with Gasteiger partial charge in [0, 0.05) is 12.8 Å². The molecule has 0 unspecified atom stereocenters. The van der Waals surface area contributed by atoms with Crippen LogP contribution in [0.5, 0.6) is 0 Å². The van der Waals surface area contributed by atoms with Crippen LogP contribution in [-0.2, 0) is 0 Å². The molecular formula is C5H12N2. The highest BCUT2D eigenvalue weighted by Gasteiger charge is 1.97. The zero-order valence-electron chi connectivity index (χ0n) is 4.94. The summed E-state index contributed by atoms with van der Waals surface area (Å²) in [5.41, 5.74) is 8.28. The lowest BCUT2D eigenvalue weighted by atomic mass is 10.2. The minimum absolute atomic E-state index is 0.292. The smallest absolute Gasteiger partial charge is 0.138 e. The fourth-order valence-corrected chi connectivity index (χ4v) is 0.471. The van der Waals surface area contributed by atoms with Crippen LogP contribution in [0.2, 0.25) is 0 Å². The lowest BCUT2D eigenvalue weighted by Gasteiger charge is -1.98. The molecule has 0 fully saturated rings. The maximum absolute atomic E-state index is 8.28. The molecule has 0 radical (unpaired) electrons. The molecule has 7 heavy (non-hydrogen) atoms. The summed E-state index contributed by atoms with van der Waals surface area (Å²) < 4.78 is 0. The molecule has 2 heteroatoms. The Hall–Kier alpha value is -0.400. The molecule has 0 heterocycles. The zero-order valence-corrected chi connectivity index (χ0v) is 4.94.